The summed E-state index contributed by atoms with van der Waals surface area (Å²) >= 11 is 0. The zero-order valence-corrected chi connectivity index (χ0v) is 11.4. The molecule has 2 saturated heterocycles. The van der Waals surface area contributed by atoms with Crippen LogP contribution >= 0.6 is 0 Å². The van der Waals surface area contributed by atoms with Crippen molar-refractivity contribution in [3.63, 3.8) is 0 Å². The Labute approximate surface area is 111 Å². The molecule has 0 aromatic carbocycles. The first-order valence-electron chi connectivity index (χ1n) is 6.47. The number of nitrogens with zero attached hydrogens (tertiary/aromatic N) is 1. The van der Waals surface area contributed by atoms with Crippen LogP contribution in [-0.2, 0) is 14.3 Å². The quantitative estimate of drug-likeness (QED) is 0.778. The van der Waals surface area contributed by atoms with Gasteiger partial charge >= 0.3 is 12.1 Å². The summed E-state index contributed by atoms with van der Waals surface area (Å²) in [4.78, 5) is 36.6. The number of ether oxygens (including phenoxy) is 1. The topological polar surface area (TPSA) is 83.9 Å². The van der Waals surface area contributed by atoms with Crippen LogP contribution in [0.3, 0.4) is 0 Å². The van der Waals surface area contributed by atoms with Crippen LogP contribution in [0.25, 0.3) is 0 Å². The first kappa shape index (κ1) is 13.8. The molecule has 1 amide bonds. The van der Waals surface area contributed by atoms with Gasteiger partial charge in [0.25, 0.3) is 0 Å². The van der Waals surface area contributed by atoms with E-state index in [9.17, 15) is 19.5 Å². The number of amides is 1. The third-order valence-electron chi connectivity index (χ3n) is 3.61. The molecule has 1 N–H and O–H groups in total. The van der Waals surface area contributed by atoms with Crippen molar-refractivity contribution in [3.05, 3.63) is 0 Å². The third kappa shape index (κ3) is 2.57. The molecule has 6 heteroatoms. The summed E-state index contributed by atoms with van der Waals surface area (Å²) in [7, 11) is 0. The normalized spacial score (nSPS) is 30.4. The SMILES string of the molecule is CC(C)(C)OC(=O)N1C2CC(C(=O)O)C1CCC2=O. The van der Waals surface area contributed by atoms with E-state index < -0.39 is 35.7 Å². The summed E-state index contributed by atoms with van der Waals surface area (Å²) in [6, 6.07) is -1.05. The Kier molecular flexibility index (Phi) is 3.28. The molecule has 2 bridgehead atoms. The molecule has 106 valence electrons. The van der Waals surface area contributed by atoms with Crippen LogP contribution in [-0.4, -0.2) is 45.5 Å². The van der Waals surface area contributed by atoms with E-state index in [-0.39, 0.29) is 12.2 Å². The maximum atomic E-state index is 12.1. The largest absolute Gasteiger partial charge is 0.481 e. The van der Waals surface area contributed by atoms with E-state index in [2.05, 4.69) is 0 Å². The molecule has 0 spiro atoms. The standard InChI is InChI=1S/C13H19NO5/c1-13(2,3)19-12(18)14-8-4-5-10(15)9(14)6-7(8)11(16)17/h7-9H,4-6H2,1-3H3,(H,16,17). The Bertz CT molecular complexity index is 425. The molecule has 0 aromatic heterocycles. The lowest BCUT2D eigenvalue weighted by atomic mass is 9.98. The Morgan fingerprint density at radius 3 is 2.53 bits per heavy atom. The fraction of sp³-hybridized carbons (Fsp3) is 0.769. The Balaban J connectivity index is 2.22. The Hall–Kier alpha value is -1.59. The van der Waals surface area contributed by atoms with Crippen LogP contribution < -0.4 is 0 Å². The maximum absolute atomic E-state index is 12.1. The van der Waals surface area contributed by atoms with E-state index in [1.807, 2.05) is 0 Å². The van der Waals surface area contributed by atoms with Crippen LogP contribution in [0.1, 0.15) is 40.0 Å². The molecule has 0 aliphatic carbocycles. The Morgan fingerprint density at radius 2 is 2.00 bits per heavy atom. The number of rotatable bonds is 1. The molecule has 19 heavy (non-hydrogen) atoms. The van der Waals surface area contributed by atoms with E-state index in [0.29, 0.717) is 12.8 Å². The molecule has 2 rings (SSSR count). The molecule has 3 atom stereocenters. The van der Waals surface area contributed by atoms with Crippen molar-refractivity contribution in [1.82, 2.24) is 4.90 Å². The van der Waals surface area contributed by atoms with Gasteiger partial charge in [-0.3, -0.25) is 14.5 Å². The van der Waals surface area contributed by atoms with E-state index in [1.165, 1.54) is 4.90 Å². The van der Waals surface area contributed by atoms with E-state index >= 15 is 0 Å². The van der Waals surface area contributed by atoms with Gasteiger partial charge in [0.05, 0.1) is 12.0 Å². The summed E-state index contributed by atoms with van der Waals surface area (Å²) in [5, 5.41) is 9.19. The van der Waals surface area contributed by atoms with Crippen molar-refractivity contribution in [2.24, 2.45) is 5.92 Å². The number of carbonyl (C=O) groups excluding carboxylic acids is 2. The molecule has 3 unspecified atom stereocenters. The second-order valence-corrected chi connectivity index (χ2v) is 6.16. The average Bonchev–Trinajstić information content (AvgIpc) is 2.54. The minimum atomic E-state index is -0.948. The fourth-order valence-corrected chi connectivity index (χ4v) is 2.86. The summed E-state index contributed by atoms with van der Waals surface area (Å²) in [6.07, 6.45) is 0.376. The molecule has 2 fully saturated rings. The molecule has 0 saturated carbocycles. The summed E-state index contributed by atoms with van der Waals surface area (Å²) in [6.45, 7) is 5.23. The lowest BCUT2D eigenvalue weighted by Crippen LogP contribution is -2.51. The number of Topliss-reactive ketones (excluding diaryl/α,β-unsaturated/α-hetero) is 1. The van der Waals surface area contributed by atoms with Crippen molar-refractivity contribution >= 4 is 17.8 Å². The van der Waals surface area contributed by atoms with E-state index in [4.69, 9.17) is 4.74 Å². The number of aliphatic carboxylic acids is 1. The van der Waals surface area contributed by atoms with Gasteiger partial charge in [0.15, 0.2) is 5.78 Å². The number of carboxylic acids is 1. The van der Waals surface area contributed by atoms with Gasteiger partial charge in [-0.1, -0.05) is 0 Å². The number of piperidine rings is 1. The van der Waals surface area contributed by atoms with Crippen molar-refractivity contribution in [2.75, 3.05) is 0 Å². The monoisotopic (exact) mass is 269 g/mol. The number of hydrogen-bond acceptors (Lipinski definition) is 4. The number of carboxylic acid groups (broad SMARTS) is 1. The lowest BCUT2D eigenvalue weighted by Gasteiger charge is -2.35. The zero-order chi connectivity index (χ0) is 14.4. The van der Waals surface area contributed by atoms with Crippen LogP contribution in [0.4, 0.5) is 4.79 Å². The Morgan fingerprint density at radius 1 is 1.37 bits per heavy atom. The zero-order valence-electron chi connectivity index (χ0n) is 11.4. The smallest absolute Gasteiger partial charge is 0.411 e. The summed E-state index contributed by atoms with van der Waals surface area (Å²) < 4.78 is 5.28. The predicted octanol–water partition coefficient (Wildman–Crippen LogP) is 1.43. The van der Waals surface area contributed by atoms with Gasteiger partial charge in [0, 0.05) is 12.5 Å². The number of ketones is 1. The average molecular weight is 269 g/mol. The number of hydrogen-bond donors (Lipinski definition) is 1. The van der Waals surface area contributed by atoms with Crippen molar-refractivity contribution in [2.45, 2.75) is 57.7 Å². The maximum Gasteiger partial charge on any atom is 0.411 e. The molecular formula is C13H19NO5. The van der Waals surface area contributed by atoms with Crippen molar-refractivity contribution in [1.29, 1.82) is 0 Å². The lowest BCUT2D eigenvalue weighted by molar-refractivity contribution is -0.142. The molecule has 2 aliphatic heterocycles. The number of carbonyl (C=O) groups is 3. The second kappa shape index (κ2) is 4.51. The molecule has 0 aromatic rings. The van der Waals surface area contributed by atoms with Crippen LogP contribution in [0.2, 0.25) is 0 Å². The van der Waals surface area contributed by atoms with Gasteiger partial charge in [-0.25, -0.2) is 4.79 Å². The van der Waals surface area contributed by atoms with E-state index in [0.717, 1.165) is 0 Å². The van der Waals surface area contributed by atoms with Gasteiger partial charge < -0.3 is 9.84 Å². The summed E-state index contributed by atoms with van der Waals surface area (Å²) in [5.41, 5.74) is -0.657. The predicted molar refractivity (Wildman–Crippen MR) is 65.6 cm³/mol. The fourth-order valence-electron chi connectivity index (χ4n) is 2.86. The highest BCUT2D eigenvalue weighted by molar-refractivity contribution is 5.91. The van der Waals surface area contributed by atoms with Crippen LogP contribution in [0, 0.1) is 5.92 Å². The van der Waals surface area contributed by atoms with Crippen LogP contribution in [0.5, 0.6) is 0 Å². The van der Waals surface area contributed by atoms with Gasteiger partial charge in [-0.15, -0.1) is 0 Å². The first-order valence-corrected chi connectivity index (χ1v) is 6.47. The first-order chi connectivity index (χ1) is 8.70. The van der Waals surface area contributed by atoms with Crippen molar-refractivity contribution in [3.8, 4) is 0 Å². The molecule has 2 aliphatic rings. The minimum Gasteiger partial charge on any atom is -0.481 e. The minimum absolute atomic E-state index is 0.0640. The highest BCUT2D eigenvalue weighted by Gasteiger charge is 2.53. The van der Waals surface area contributed by atoms with Crippen molar-refractivity contribution < 1.29 is 24.2 Å². The molecule has 0 radical (unpaired) electrons. The van der Waals surface area contributed by atoms with E-state index in [1.54, 1.807) is 20.8 Å². The van der Waals surface area contributed by atoms with Crippen LogP contribution in [0.15, 0.2) is 0 Å². The van der Waals surface area contributed by atoms with Gasteiger partial charge in [-0.2, -0.15) is 0 Å². The van der Waals surface area contributed by atoms with Gasteiger partial charge in [0.2, 0.25) is 0 Å². The highest BCUT2D eigenvalue weighted by atomic mass is 16.6. The van der Waals surface area contributed by atoms with Gasteiger partial charge in [0.1, 0.15) is 5.60 Å². The third-order valence-corrected chi connectivity index (χ3v) is 3.61. The second-order valence-electron chi connectivity index (χ2n) is 6.16. The molecule has 2 heterocycles. The summed E-state index contributed by atoms with van der Waals surface area (Å²) in [5.74, 6) is -1.68. The molecular weight excluding hydrogens is 250 g/mol. The molecule has 6 nitrogen and oxygen atoms in total. The van der Waals surface area contributed by atoms with Gasteiger partial charge in [-0.05, 0) is 33.6 Å². The highest BCUT2D eigenvalue weighted by Crippen LogP contribution is 2.39. The number of fused-ring (bicyclic) bond motifs is 2.